The minimum Gasteiger partial charge on any atom is -0.300 e. The molecule has 0 radical (unpaired) electrons. The molecule has 2 aromatic heterocycles. The highest BCUT2D eigenvalue weighted by molar-refractivity contribution is 5.78. The van der Waals surface area contributed by atoms with Crippen molar-refractivity contribution in [2.45, 2.75) is 38.5 Å². The summed E-state index contributed by atoms with van der Waals surface area (Å²) in [5, 5.41) is 4.50. The van der Waals surface area contributed by atoms with E-state index in [1.165, 1.54) is 19.3 Å². The fourth-order valence-electron chi connectivity index (χ4n) is 2.17. The molecule has 2 aromatic rings. The smallest absolute Gasteiger partial charge is 0.155 e. The van der Waals surface area contributed by atoms with Gasteiger partial charge in [-0.2, -0.15) is 5.10 Å². The lowest BCUT2D eigenvalue weighted by Crippen LogP contribution is -2.10. The van der Waals surface area contributed by atoms with E-state index in [-0.39, 0.29) is 5.78 Å². The van der Waals surface area contributed by atoms with Gasteiger partial charge >= 0.3 is 0 Å². The van der Waals surface area contributed by atoms with Gasteiger partial charge in [-0.1, -0.05) is 12.5 Å². The Morgan fingerprint density at radius 2 is 2.29 bits per heavy atom. The number of carbonyl (C=O) groups excluding carboxylic acids is 1. The summed E-state index contributed by atoms with van der Waals surface area (Å²) in [6, 6.07) is 3.89. The van der Waals surface area contributed by atoms with E-state index in [4.69, 9.17) is 0 Å². The number of hydrogen-bond donors (Lipinski definition) is 0. The molecule has 0 amide bonds. The number of nitrogens with zero attached hydrogens (tertiary/aromatic N) is 3. The van der Waals surface area contributed by atoms with Crippen LogP contribution in [-0.4, -0.2) is 20.4 Å². The summed E-state index contributed by atoms with van der Waals surface area (Å²) in [5.41, 5.74) is 1.87. The van der Waals surface area contributed by atoms with Gasteiger partial charge < -0.3 is 0 Å². The van der Waals surface area contributed by atoms with E-state index in [0.717, 1.165) is 17.0 Å². The Bertz CT molecular complexity index is 569. The summed E-state index contributed by atoms with van der Waals surface area (Å²) in [6.45, 7) is 1.60. The molecule has 4 nitrogen and oxygen atoms in total. The van der Waals surface area contributed by atoms with E-state index in [2.05, 4.69) is 10.1 Å². The highest BCUT2D eigenvalue weighted by Gasteiger charge is 2.23. The molecule has 0 aromatic carbocycles. The fourth-order valence-corrected chi connectivity index (χ4v) is 2.17. The predicted octanol–water partition coefficient (Wildman–Crippen LogP) is 2.13. The van der Waals surface area contributed by atoms with E-state index in [9.17, 15) is 4.79 Å². The predicted molar refractivity (Wildman–Crippen MR) is 64.0 cm³/mol. The van der Waals surface area contributed by atoms with Crippen LogP contribution in [0, 0.1) is 0 Å². The van der Waals surface area contributed by atoms with Crippen LogP contribution in [0.5, 0.6) is 0 Å². The Kier molecular flexibility index (Phi) is 2.42. The Morgan fingerprint density at radius 1 is 1.47 bits per heavy atom. The van der Waals surface area contributed by atoms with E-state index < -0.39 is 0 Å². The number of pyridine rings is 1. The SMILES string of the molecule is CC(=O)Cc1ccc2nc(C3CCC3)nn2c1. The lowest BCUT2D eigenvalue weighted by Gasteiger charge is -2.21. The zero-order chi connectivity index (χ0) is 11.8. The van der Waals surface area contributed by atoms with Crippen LogP contribution in [-0.2, 0) is 11.2 Å². The van der Waals surface area contributed by atoms with Gasteiger partial charge in [0.1, 0.15) is 5.78 Å². The van der Waals surface area contributed by atoms with Crippen LogP contribution in [0.4, 0.5) is 0 Å². The minimum atomic E-state index is 0.170. The van der Waals surface area contributed by atoms with Gasteiger partial charge in [0, 0.05) is 18.5 Å². The number of Topliss-reactive ketones (excluding diaryl/α,β-unsaturated/α-hetero) is 1. The monoisotopic (exact) mass is 229 g/mol. The molecule has 1 fully saturated rings. The van der Waals surface area contributed by atoms with Crippen LogP contribution in [0.15, 0.2) is 18.3 Å². The molecule has 0 unspecified atom stereocenters. The van der Waals surface area contributed by atoms with Gasteiger partial charge in [0.25, 0.3) is 0 Å². The van der Waals surface area contributed by atoms with Gasteiger partial charge in [0.2, 0.25) is 0 Å². The normalized spacial score (nSPS) is 16.1. The highest BCUT2D eigenvalue weighted by atomic mass is 16.1. The summed E-state index contributed by atoms with van der Waals surface area (Å²) >= 11 is 0. The average molecular weight is 229 g/mol. The zero-order valence-electron chi connectivity index (χ0n) is 9.89. The molecule has 0 atom stereocenters. The molecule has 0 bridgehead atoms. The van der Waals surface area contributed by atoms with Crippen molar-refractivity contribution in [3.8, 4) is 0 Å². The first-order chi connectivity index (χ1) is 8.22. The first kappa shape index (κ1) is 10.4. The second kappa shape index (κ2) is 3.95. The largest absolute Gasteiger partial charge is 0.300 e. The Hall–Kier alpha value is -1.71. The Morgan fingerprint density at radius 3 is 2.94 bits per heavy atom. The van der Waals surface area contributed by atoms with Crippen LogP contribution in [0.1, 0.15) is 43.5 Å². The fraction of sp³-hybridized carbons (Fsp3) is 0.462. The molecule has 0 saturated heterocycles. The number of ketones is 1. The van der Waals surface area contributed by atoms with E-state index >= 15 is 0 Å². The molecule has 88 valence electrons. The summed E-state index contributed by atoms with van der Waals surface area (Å²) in [4.78, 5) is 15.6. The molecule has 0 N–H and O–H groups in total. The lowest BCUT2D eigenvalue weighted by atomic mass is 9.85. The molecular weight excluding hydrogens is 214 g/mol. The van der Waals surface area contributed by atoms with Gasteiger partial charge in [0.05, 0.1) is 0 Å². The van der Waals surface area contributed by atoms with Crippen LogP contribution < -0.4 is 0 Å². The third-order valence-corrected chi connectivity index (χ3v) is 3.33. The second-order valence-electron chi connectivity index (χ2n) is 4.82. The summed E-state index contributed by atoms with van der Waals surface area (Å²) in [7, 11) is 0. The van der Waals surface area contributed by atoms with Crippen LogP contribution in [0.25, 0.3) is 5.65 Å². The third kappa shape index (κ3) is 1.95. The quantitative estimate of drug-likeness (QED) is 0.810. The minimum absolute atomic E-state index is 0.170. The molecule has 3 rings (SSSR count). The number of carbonyl (C=O) groups is 1. The third-order valence-electron chi connectivity index (χ3n) is 3.33. The molecule has 0 spiro atoms. The van der Waals surface area contributed by atoms with Crippen molar-refractivity contribution in [1.29, 1.82) is 0 Å². The molecule has 17 heavy (non-hydrogen) atoms. The summed E-state index contributed by atoms with van der Waals surface area (Å²) in [6.07, 6.45) is 6.07. The molecule has 0 aliphatic heterocycles. The number of hydrogen-bond acceptors (Lipinski definition) is 3. The van der Waals surface area contributed by atoms with Gasteiger partial charge in [-0.3, -0.25) is 4.79 Å². The molecule has 2 heterocycles. The summed E-state index contributed by atoms with van der Waals surface area (Å²) in [5.74, 6) is 1.67. The van der Waals surface area contributed by atoms with Gasteiger partial charge in [-0.05, 0) is 31.4 Å². The van der Waals surface area contributed by atoms with Crippen molar-refractivity contribution in [1.82, 2.24) is 14.6 Å². The number of aromatic nitrogens is 3. The molecule has 1 aliphatic carbocycles. The highest BCUT2D eigenvalue weighted by Crippen LogP contribution is 2.34. The average Bonchev–Trinajstić information content (AvgIpc) is 2.56. The maximum absolute atomic E-state index is 11.1. The van der Waals surface area contributed by atoms with Crippen molar-refractivity contribution in [2.24, 2.45) is 0 Å². The van der Waals surface area contributed by atoms with Crippen molar-refractivity contribution in [2.75, 3.05) is 0 Å². The van der Waals surface area contributed by atoms with Gasteiger partial charge in [-0.15, -0.1) is 0 Å². The van der Waals surface area contributed by atoms with Crippen LogP contribution in [0.2, 0.25) is 0 Å². The van der Waals surface area contributed by atoms with E-state index in [1.807, 2.05) is 18.3 Å². The van der Waals surface area contributed by atoms with Crippen LogP contribution in [0.3, 0.4) is 0 Å². The van der Waals surface area contributed by atoms with Gasteiger partial charge in [-0.25, -0.2) is 9.50 Å². The van der Waals surface area contributed by atoms with Crippen molar-refractivity contribution < 1.29 is 4.79 Å². The van der Waals surface area contributed by atoms with E-state index in [1.54, 1.807) is 11.4 Å². The standard InChI is InChI=1S/C13H15N3O/c1-9(17)7-10-5-6-12-14-13(11-3-2-4-11)15-16(12)8-10/h5-6,8,11H,2-4,7H2,1H3. The van der Waals surface area contributed by atoms with Crippen LogP contribution >= 0.6 is 0 Å². The Balaban J connectivity index is 1.95. The first-order valence-corrected chi connectivity index (χ1v) is 6.07. The maximum Gasteiger partial charge on any atom is 0.155 e. The molecule has 1 aliphatic rings. The molecule has 4 heteroatoms. The van der Waals surface area contributed by atoms with E-state index in [0.29, 0.717) is 12.3 Å². The zero-order valence-corrected chi connectivity index (χ0v) is 9.89. The summed E-state index contributed by atoms with van der Waals surface area (Å²) < 4.78 is 1.80. The topological polar surface area (TPSA) is 47.3 Å². The Labute approximate surface area is 99.7 Å². The van der Waals surface area contributed by atoms with Crippen molar-refractivity contribution in [3.05, 3.63) is 29.7 Å². The van der Waals surface area contributed by atoms with Crippen molar-refractivity contribution in [3.63, 3.8) is 0 Å². The van der Waals surface area contributed by atoms with Crippen molar-refractivity contribution >= 4 is 11.4 Å². The number of rotatable bonds is 3. The second-order valence-corrected chi connectivity index (χ2v) is 4.82. The molecule has 1 saturated carbocycles. The van der Waals surface area contributed by atoms with Gasteiger partial charge in [0.15, 0.2) is 11.5 Å². The number of fused-ring (bicyclic) bond motifs is 1. The lowest BCUT2D eigenvalue weighted by molar-refractivity contribution is -0.116. The maximum atomic E-state index is 11.1. The first-order valence-electron chi connectivity index (χ1n) is 6.07. The molecular formula is C13H15N3O.